The summed E-state index contributed by atoms with van der Waals surface area (Å²) in [5.74, 6) is 0.979. The SMILES string of the molecule is CCCOc1ccc(Br)cc1CNC(C)(C)C. The summed E-state index contributed by atoms with van der Waals surface area (Å²) in [6.07, 6.45) is 1.03. The molecule has 0 aliphatic carbocycles. The molecule has 0 fully saturated rings. The lowest BCUT2D eigenvalue weighted by atomic mass is 10.1. The van der Waals surface area contributed by atoms with Crippen LogP contribution in [0.1, 0.15) is 39.7 Å². The molecule has 17 heavy (non-hydrogen) atoms. The first kappa shape index (κ1) is 14.5. The fraction of sp³-hybridized carbons (Fsp3) is 0.571. The standard InChI is InChI=1S/C14H22BrNO/c1-5-8-17-13-7-6-12(15)9-11(13)10-16-14(2,3)4/h6-7,9,16H,5,8,10H2,1-4H3. The van der Waals surface area contributed by atoms with E-state index >= 15 is 0 Å². The Kier molecular flexibility index (Phi) is 5.47. The quantitative estimate of drug-likeness (QED) is 0.883. The van der Waals surface area contributed by atoms with Gasteiger partial charge in [-0.05, 0) is 45.4 Å². The first-order valence-corrected chi connectivity index (χ1v) is 6.88. The third kappa shape index (κ3) is 5.55. The molecule has 0 saturated carbocycles. The van der Waals surface area contributed by atoms with E-state index in [1.807, 2.05) is 12.1 Å². The van der Waals surface area contributed by atoms with E-state index in [9.17, 15) is 0 Å². The summed E-state index contributed by atoms with van der Waals surface area (Å²) in [7, 11) is 0. The zero-order valence-electron chi connectivity index (χ0n) is 11.1. The molecule has 0 unspecified atom stereocenters. The van der Waals surface area contributed by atoms with Gasteiger partial charge in [0.25, 0.3) is 0 Å². The normalized spacial score (nSPS) is 11.6. The topological polar surface area (TPSA) is 21.3 Å². The summed E-state index contributed by atoms with van der Waals surface area (Å²) in [6, 6.07) is 6.16. The van der Waals surface area contributed by atoms with Crippen LogP contribution in [0, 0.1) is 0 Å². The van der Waals surface area contributed by atoms with Gasteiger partial charge in [0.15, 0.2) is 0 Å². The van der Waals surface area contributed by atoms with Crippen molar-refractivity contribution in [3.63, 3.8) is 0 Å². The molecule has 1 N–H and O–H groups in total. The highest BCUT2D eigenvalue weighted by Gasteiger charge is 2.11. The highest BCUT2D eigenvalue weighted by Crippen LogP contribution is 2.24. The monoisotopic (exact) mass is 299 g/mol. The Morgan fingerprint density at radius 2 is 2.00 bits per heavy atom. The van der Waals surface area contributed by atoms with Gasteiger partial charge in [0.05, 0.1) is 6.61 Å². The van der Waals surface area contributed by atoms with Gasteiger partial charge >= 0.3 is 0 Å². The van der Waals surface area contributed by atoms with E-state index in [-0.39, 0.29) is 5.54 Å². The second kappa shape index (κ2) is 6.41. The Morgan fingerprint density at radius 3 is 2.59 bits per heavy atom. The van der Waals surface area contributed by atoms with Crippen LogP contribution >= 0.6 is 15.9 Å². The van der Waals surface area contributed by atoms with E-state index < -0.39 is 0 Å². The largest absolute Gasteiger partial charge is 0.493 e. The van der Waals surface area contributed by atoms with Crippen molar-refractivity contribution >= 4 is 15.9 Å². The van der Waals surface area contributed by atoms with Crippen molar-refractivity contribution in [2.24, 2.45) is 0 Å². The number of halogens is 1. The fourth-order valence-electron chi connectivity index (χ4n) is 1.40. The second-order valence-electron chi connectivity index (χ2n) is 5.20. The summed E-state index contributed by atoms with van der Waals surface area (Å²) in [5.41, 5.74) is 1.31. The average molecular weight is 300 g/mol. The summed E-state index contributed by atoms with van der Waals surface area (Å²) in [6.45, 7) is 10.2. The van der Waals surface area contributed by atoms with Gasteiger partial charge in [-0.15, -0.1) is 0 Å². The fourth-order valence-corrected chi connectivity index (χ4v) is 1.81. The van der Waals surface area contributed by atoms with Crippen LogP contribution in [0.25, 0.3) is 0 Å². The maximum atomic E-state index is 5.75. The summed E-state index contributed by atoms with van der Waals surface area (Å²) in [4.78, 5) is 0. The first-order chi connectivity index (χ1) is 7.92. The maximum absolute atomic E-state index is 5.75. The summed E-state index contributed by atoms with van der Waals surface area (Å²) in [5, 5.41) is 3.48. The molecule has 1 rings (SSSR count). The zero-order chi connectivity index (χ0) is 12.9. The number of benzene rings is 1. The highest BCUT2D eigenvalue weighted by atomic mass is 79.9. The minimum Gasteiger partial charge on any atom is -0.493 e. The van der Waals surface area contributed by atoms with Crippen molar-refractivity contribution in [3.8, 4) is 5.75 Å². The molecule has 2 nitrogen and oxygen atoms in total. The number of hydrogen-bond donors (Lipinski definition) is 1. The van der Waals surface area contributed by atoms with Gasteiger partial charge < -0.3 is 10.1 Å². The molecule has 0 saturated heterocycles. The molecule has 0 heterocycles. The minimum absolute atomic E-state index is 0.115. The van der Waals surface area contributed by atoms with Crippen LogP contribution in [0.5, 0.6) is 5.75 Å². The number of ether oxygens (including phenoxy) is 1. The van der Waals surface area contributed by atoms with Gasteiger partial charge in [0, 0.05) is 22.1 Å². The van der Waals surface area contributed by atoms with Crippen LogP contribution in [-0.2, 0) is 6.54 Å². The minimum atomic E-state index is 0.115. The molecule has 0 atom stereocenters. The Hall–Kier alpha value is -0.540. The van der Waals surface area contributed by atoms with Gasteiger partial charge in [0.1, 0.15) is 5.75 Å². The van der Waals surface area contributed by atoms with Gasteiger partial charge in [-0.2, -0.15) is 0 Å². The highest BCUT2D eigenvalue weighted by molar-refractivity contribution is 9.10. The van der Waals surface area contributed by atoms with Crippen LogP contribution in [0.2, 0.25) is 0 Å². The molecule has 0 aliphatic rings. The van der Waals surface area contributed by atoms with Crippen molar-refractivity contribution in [2.45, 2.75) is 46.2 Å². The molecule has 0 radical (unpaired) electrons. The van der Waals surface area contributed by atoms with Crippen LogP contribution in [0.4, 0.5) is 0 Å². The third-order valence-electron chi connectivity index (χ3n) is 2.29. The number of hydrogen-bond acceptors (Lipinski definition) is 2. The Morgan fingerprint density at radius 1 is 1.29 bits per heavy atom. The van der Waals surface area contributed by atoms with Crippen molar-refractivity contribution in [1.29, 1.82) is 0 Å². The molecular weight excluding hydrogens is 278 g/mol. The van der Waals surface area contributed by atoms with E-state index in [1.54, 1.807) is 0 Å². The van der Waals surface area contributed by atoms with Crippen molar-refractivity contribution in [2.75, 3.05) is 6.61 Å². The van der Waals surface area contributed by atoms with Gasteiger partial charge in [0.2, 0.25) is 0 Å². The van der Waals surface area contributed by atoms with Crippen LogP contribution in [-0.4, -0.2) is 12.1 Å². The lowest BCUT2D eigenvalue weighted by Crippen LogP contribution is -2.35. The van der Waals surface area contributed by atoms with Crippen molar-refractivity contribution in [3.05, 3.63) is 28.2 Å². The molecule has 1 aromatic rings. The van der Waals surface area contributed by atoms with Gasteiger partial charge in [-0.3, -0.25) is 0 Å². The van der Waals surface area contributed by atoms with E-state index in [1.165, 1.54) is 5.56 Å². The van der Waals surface area contributed by atoms with Gasteiger partial charge in [-0.1, -0.05) is 22.9 Å². The first-order valence-electron chi connectivity index (χ1n) is 6.08. The zero-order valence-corrected chi connectivity index (χ0v) is 12.7. The Bertz CT molecular complexity index is 358. The van der Waals surface area contributed by atoms with E-state index in [2.05, 4.69) is 55.0 Å². The third-order valence-corrected chi connectivity index (χ3v) is 2.79. The van der Waals surface area contributed by atoms with Crippen LogP contribution in [0.15, 0.2) is 22.7 Å². The predicted molar refractivity (Wildman–Crippen MR) is 76.5 cm³/mol. The van der Waals surface area contributed by atoms with Gasteiger partial charge in [-0.25, -0.2) is 0 Å². The smallest absolute Gasteiger partial charge is 0.123 e. The molecule has 0 bridgehead atoms. The summed E-state index contributed by atoms with van der Waals surface area (Å²) < 4.78 is 6.84. The predicted octanol–water partition coefficient (Wildman–Crippen LogP) is 4.13. The van der Waals surface area contributed by atoms with E-state index in [0.717, 1.165) is 29.8 Å². The number of nitrogens with one attached hydrogen (secondary N) is 1. The second-order valence-corrected chi connectivity index (χ2v) is 6.12. The molecule has 3 heteroatoms. The van der Waals surface area contributed by atoms with E-state index in [0.29, 0.717) is 0 Å². The summed E-state index contributed by atoms with van der Waals surface area (Å²) >= 11 is 3.50. The maximum Gasteiger partial charge on any atom is 0.123 e. The molecule has 0 aromatic heterocycles. The molecule has 0 amide bonds. The molecule has 96 valence electrons. The number of rotatable bonds is 5. The Balaban J connectivity index is 2.76. The van der Waals surface area contributed by atoms with Crippen LogP contribution < -0.4 is 10.1 Å². The average Bonchev–Trinajstić information content (AvgIpc) is 2.24. The molecule has 0 spiro atoms. The molecule has 0 aliphatic heterocycles. The Labute approximate surface area is 113 Å². The van der Waals surface area contributed by atoms with Crippen molar-refractivity contribution in [1.82, 2.24) is 5.32 Å². The van der Waals surface area contributed by atoms with E-state index in [4.69, 9.17) is 4.74 Å². The lowest BCUT2D eigenvalue weighted by Gasteiger charge is -2.21. The van der Waals surface area contributed by atoms with Crippen molar-refractivity contribution < 1.29 is 4.74 Å². The lowest BCUT2D eigenvalue weighted by molar-refractivity contribution is 0.311. The van der Waals surface area contributed by atoms with Crippen LogP contribution in [0.3, 0.4) is 0 Å². The molecule has 1 aromatic carbocycles. The molecular formula is C14H22BrNO.